The zero-order valence-electron chi connectivity index (χ0n) is 22.5. The highest BCUT2D eigenvalue weighted by atomic mass is 16.5. The summed E-state index contributed by atoms with van der Waals surface area (Å²) in [7, 11) is 1.33. The lowest BCUT2D eigenvalue weighted by atomic mass is 10.0. The van der Waals surface area contributed by atoms with Crippen molar-refractivity contribution in [3.05, 3.63) is 77.9 Å². The highest BCUT2D eigenvalue weighted by molar-refractivity contribution is 6.12. The van der Waals surface area contributed by atoms with Crippen molar-refractivity contribution in [3.63, 3.8) is 0 Å². The number of ketones is 1. The topological polar surface area (TPSA) is 119 Å². The van der Waals surface area contributed by atoms with Gasteiger partial charge in [0.25, 0.3) is 0 Å². The van der Waals surface area contributed by atoms with E-state index in [1.807, 2.05) is 0 Å². The summed E-state index contributed by atoms with van der Waals surface area (Å²) in [4.78, 5) is 33.9. The number of aromatic hydroxyl groups is 2. The van der Waals surface area contributed by atoms with Crippen LogP contribution in [0.15, 0.2) is 66.8 Å². The number of hydrogen-bond acceptors (Lipinski definition) is 8. The van der Waals surface area contributed by atoms with Gasteiger partial charge in [0.2, 0.25) is 0 Å². The first-order chi connectivity index (χ1) is 18.1. The lowest BCUT2D eigenvalue weighted by Gasteiger charge is -2.10. The largest absolute Gasteiger partial charge is 0.507 e. The third-order valence-electron chi connectivity index (χ3n) is 5.29. The number of hydrogen-bond donors (Lipinski definition) is 2. The summed E-state index contributed by atoms with van der Waals surface area (Å²) in [6, 6.07) is 10.8. The molecule has 0 aliphatic rings. The third kappa shape index (κ3) is 11.8. The molecule has 2 rings (SSSR count). The van der Waals surface area contributed by atoms with Gasteiger partial charge >= 0.3 is 11.9 Å². The molecule has 0 saturated heterocycles. The van der Waals surface area contributed by atoms with E-state index in [2.05, 4.69) is 17.9 Å². The Hall–Kier alpha value is -4.07. The Balaban J connectivity index is 0.000000905. The first-order valence-electron chi connectivity index (χ1n) is 12.4. The molecule has 0 saturated carbocycles. The third-order valence-corrected chi connectivity index (χ3v) is 5.29. The van der Waals surface area contributed by atoms with Gasteiger partial charge in [-0.3, -0.25) is 4.79 Å². The maximum atomic E-state index is 12.5. The molecule has 0 aliphatic carbocycles. The smallest absolute Gasteiger partial charge is 0.333 e. The minimum atomic E-state index is -0.448. The average Bonchev–Trinajstić information content (AvgIpc) is 2.89. The van der Waals surface area contributed by atoms with Crippen molar-refractivity contribution in [1.82, 2.24) is 0 Å². The first kappa shape index (κ1) is 32.0. The standard InChI is InChI=1S/C25H30O6.C5H8O2/c1-18(2)25(29)31-16-10-6-4-3-5-9-15-30-19-13-14-21(23(27)17-19)24(28)20-11-7-8-12-22(20)26;1-4(2)5(6)7-3/h7-8,11-14,17,26-27H,1,3-6,9-10,15-16H2,2H3;1H2,2-3H3. The van der Waals surface area contributed by atoms with E-state index in [1.165, 1.54) is 31.4 Å². The van der Waals surface area contributed by atoms with Gasteiger partial charge in [-0.2, -0.15) is 0 Å². The first-order valence-corrected chi connectivity index (χ1v) is 12.4. The van der Waals surface area contributed by atoms with Gasteiger partial charge in [0.05, 0.1) is 31.5 Å². The van der Waals surface area contributed by atoms with E-state index in [1.54, 1.807) is 32.0 Å². The van der Waals surface area contributed by atoms with Crippen molar-refractivity contribution in [2.45, 2.75) is 52.4 Å². The minimum absolute atomic E-state index is 0.114. The van der Waals surface area contributed by atoms with Gasteiger partial charge in [0.15, 0.2) is 5.78 Å². The number of benzene rings is 2. The molecular formula is C30H38O8. The molecule has 0 atom stereocenters. The highest BCUT2D eigenvalue weighted by Crippen LogP contribution is 2.28. The zero-order chi connectivity index (χ0) is 28.5. The molecule has 2 N–H and O–H groups in total. The van der Waals surface area contributed by atoms with Crippen LogP contribution in [0.4, 0.5) is 0 Å². The van der Waals surface area contributed by atoms with E-state index in [4.69, 9.17) is 9.47 Å². The van der Waals surface area contributed by atoms with E-state index < -0.39 is 5.78 Å². The predicted octanol–water partition coefficient (Wildman–Crippen LogP) is 5.90. The Morgan fingerprint density at radius 3 is 1.82 bits per heavy atom. The second-order valence-corrected chi connectivity index (χ2v) is 8.68. The maximum Gasteiger partial charge on any atom is 0.333 e. The number of para-hydroxylation sites is 1. The van der Waals surface area contributed by atoms with Gasteiger partial charge in [0, 0.05) is 17.2 Å². The lowest BCUT2D eigenvalue weighted by Crippen LogP contribution is -2.06. The fraction of sp³-hybridized carbons (Fsp3) is 0.367. The Morgan fingerprint density at radius 2 is 1.29 bits per heavy atom. The molecule has 0 heterocycles. The SMILES string of the molecule is C=C(C)C(=O)OC.C=C(C)C(=O)OCCCCCCCCOc1ccc(C(=O)c2ccccc2O)c(O)c1. The molecule has 0 spiro atoms. The summed E-state index contributed by atoms with van der Waals surface area (Å²) >= 11 is 0. The molecule has 0 aromatic heterocycles. The second-order valence-electron chi connectivity index (χ2n) is 8.68. The molecular weight excluding hydrogens is 488 g/mol. The fourth-order valence-corrected chi connectivity index (χ4v) is 3.17. The summed E-state index contributed by atoms with van der Waals surface area (Å²) in [5, 5.41) is 20.0. The van der Waals surface area contributed by atoms with E-state index in [-0.39, 0.29) is 34.6 Å². The summed E-state index contributed by atoms with van der Waals surface area (Å²) < 4.78 is 15.0. The van der Waals surface area contributed by atoms with Gasteiger partial charge in [-0.25, -0.2) is 9.59 Å². The van der Waals surface area contributed by atoms with Gasteiger partial charge in [0.1, 0.15) is 17.2 Å². The molecule has 0 radical (unpaired) electrons. The van der Waals surface area contributed by atoms with Crippen molar-refractivity contribution < 1.29 is 38.8 Å². The average molecular weight is 527 g/mol. The summed E-state index contributed by atoms with van der Waals surface area (Å²) in [6.45, 7) is 11.1. The molecule has 38 heavy (non-hydrogen) atoms. The Labute approximate surface area is 224 Å². The maximum absolute atomic E-state index is 12.5. The lowest BCUT2D eigenvalue weighted by molar-refractivity contribution is -0.139. The van der Waals surface area contributed by atoms with Crippen LogP contribution in [0.3, 0.4) is 0 Å². The van der Waals surface area contributed by atoms with Crippen molar-refractivity contribution in [3.8, 4) is 17.2 Å². The molecule has 0 aliphatic heterocycles. The van der Waals surface area contributed by atoms with Crippen molar-refractivity contribution in [2.24, 2.45) is 0 Å². The summed E-state index contributed by atoms with van der Waals surface area (Å²) in [5.74, 6) is -0.945. The van der Waals surface area contributed by atoms with Crippen molar-refractivity contribution in [2.75, 3.05) is 20.3 Å². The molecule has 8 nitrogen and oxygen atoms in total. The van der Waals surface area contributed by atoms with Crippen LogP contribution in [0.25, 0.3) is 0 Å². The number of ether oxygens (including phenoxy) is 3. The number of unbranched alkanes of at least 4 members (excludes halogenated alkanes) is 5. The Bertz CT molecular complexity index is 1100. The molecule has 2 aromatic carbocycles. The number of phenols is 2. The normalized spacial score (nSPS) is 9.97. The van der Waals surface area contributed by atoms with Crippen LogP contribution in [0.1, 0.15) is 68.3 Å². The van der Waals surface area contributed by atoms with Gasteiger partial charge in [-0.15, -0.1) is 0 Å². The van der Waals surface area contributed by atoms with Gasteiger partial charge in [-0.1, -0.05) is 51.0 Å². The number of phenolic OH excluding ortho intramolecular Hbond substituents is 2. The molecule has 0 unspecified atom stereocenters. The number of carbonyl (C=O) groups excluding carboxylic acids is 3. The molecule has 0 amide bonds. The summed E-state index contributed by atoms with van der Waals surface area (Å²) in [5.41, 5.74) is 1.11. The number of esters is 2. The van der Waals surface area contributed by atoms with Gasteiger partial charge in [-0.05, 0) is 51.0 Å². The van der Waals surface area contributed by atoms with Crippen LogP contribution in [0.2, 0.25) is 0 Å². The Morgan fingerprint density at radius 1 is 0.737 bits per heavy atom. The molecule has 206 valence electrons. The Kier molecular flexibility index (Phi) is 14.6. The van der Waals surface area contributed by atoms with Crippen LogP contribution < -0.4 is 4.74 Å². The molecule has 8 heteroatoms. The van der Waals surface area contributed by atoms with Gasteiger partial charge < -0.3 is 24.4 Å². The van der Waals surface area contributed by atoms with E-state index in [0.717, 1.165) is 38.5 Å². The quantitative estimate of drug-likeness (QED) is 0.135. The number of carbonyl (C=O) groups is 3. The number of rotatable bonds is 14. The minimum Gasteiger partial charge on any atom is -0.507 e. The fourth-order valence-electron chi connectivity index (χ4n) is 3.17. The molecule has 0 fully saturated rings. The zero-order valence-corrected chi connectivity index (χ0v) is 22.5. The molecule has 2 aromatic rings. The van der Waals surface area contributed by atoms with E-state index in [9.17, 15) is 24.6 Å². The highest BCUT2D eigenvalue weighted by Gasteiger charge is 2.17. The van der Waals surface area contributed by atoms with E-state index >= 15 is 0 Å². The number of methoxy groups -OCH3 is 1. The van der Waals surface area contributed by atoms with Crippen molar-refractivity contribution >= 4 is 17.7 Å². The monoisotopic (exact) mass is 526 g/mol. The van der Waals surface area contributed by atoms with Crippen LogP contribution in [0.5, 0.6) is 17.2 Å². The van der Waals surface area contributed by atoms with Crippen LogP contribution >= 0.6 is 0 Å². The van der Waals surface area contributed by atoms with E-state index in [0.29, 0.717) is 30.1 Å². The summed E-state index contributed by atoms with van der Waals surface area (Å²) in [6.07, 6.45) is 5.88. The van der Waals surface area contributed by atoms with Crippen molar-refractivity contribution in [1.29, 1.82) is 0 Å². The second kappa shape index (κ2) is 17.4. The van der Waals surface area contributed by atoms with Crippen LogP contribution in [0, 0.1) is 0 Å². The van der Waals surface area contributed by atoms with Crippen LogP contribution in [-0.2, 0) is 19.1 Å². The molecule has 0 bridgehead atoms. The van der Waals surface area contributed by atoms with Crippen LogP contribution in [-0.4, -0.2) is 48.3 Å². The predicted molar refractivity (Wildman–Crippen MR) is 145 cm³/mol.